The molecule has 0 N–H and O–H groups in total. The SMILES string of the molecule is C=CCN(CC=C)[C@@H](CCC(=O)N=C=O)C(=O)N=C=O. The Morgan fingerprint density at radius 1 is 1.10 bits per heavy atom. The molecule has 0 aromatic carbocycles. The lowest BCUT2D eigenvalue weighted by Crippen LogP contribution is -2.41. The van der Waals surface area contributed by atoms with Crippen LogP contribution in [0.1, 0.15) is 12.8 Å². The molecular weight excluding hydrogens is 262 g/mol. The monoisotopic (exact) mass is 277 g/mol. The van der Waals surface area contributed by atoms with Crippen LogP contribution in [0.2, 0.25) is 0 Å². The number of hydrogen-bond acceptors (Lipinski definition) is 5. The quantitative estimate of drug-likeness (QED) is 0.348. The van der Waals surface area contributed by atoms with E-state index in [0.29, 0.717) is 13.1 Å². The standard InChI is InChI=1S/C13H15N3O4/c1-3-7-16(8-4-2)11(13(20)15-10-18)5-6-12(19)14-9-17/h3-4,11H,1-2,5-8H2/t11-/m0/s1. The molecule has 0 radical (unpaired) electrons. The number of carbonyl (C=O) groups excluding carboxylic acids is 4. The van der Waals surface area contributed by atoms with Gasteiger partial charge in [-0.1, -0.05) is 12.2 Å². The number of aliphatic imine (C=N–C) groups is 2. The van der Waals surface area contributed by atoms with Crippen LogP contribution in [0, 0.1) is 0 Å². The van der Waals surface area contributed by atoms with Crippen molar-refractivity contribution >= 4 is 24.0 Å². The third-order valence-corrected chi connectivity index (χ3v) is 2.41. The minimum atomic E-state index is -0.807. The van der Waals surface area contributed by atoms with Crippen LogP contribution >= 0.6 is 0 Å². The van der Waals surface area contributed by atoms with Crippen LogP contribution in [0.4, 0.5) is 0 Å². The van der Waals surface area contributed by atoms with Crippen LogP contribution in [0.5, 0.6) is 0 Å². The largest absolute Gasteiger partial charge is 0.284 e. The molecule has 0 aliphatic rings. The van der Waals surface area contributed by atoms with E-state index in [9.17, 15) is 19.2 Å². The van der Waals surface area contributed by atoms with Crippen molar-refractivity contribution in [2.45, 2.75) is 18.9 Å². The van der Waals surface area contributed by atoms with Gasteiger partial charge in [-0.25, -0.2) is 9.59 Å². The Bertz CT molecular complexity index is 464. The van der Waals surface area contributed by atoms with Gasteiger partial charge in [-0.3, -0.25) is 14.5 Å². The summed E-state index contributed by atoms with van der Waals surface area (Å²) in [4.78, 5) is 50.7. The van der Waals surface area contributed by atoms with Gasteiger partial charge in [0, 0.05) is 19.5 Å². The highest BCUT2D eigenvalue weighted by atomic mass is 16.2. The number of nitrogens with zero attached hydrogens (tertiary/aromatic N) is 3. The van der Waals surface area contributed by atoms with Gasteiger partial charge in [0.05, 0.1) is 6.04 Å². The highest BCUT2D eigenvalue weighted by Crippen LogP contribution is 2.10. The number of carbonyl (C=O) groups is 2. The van der Waals surface area contributed by atoms with E-state index in [0.717, 1.165) is 6.08 Å². The maximum Gasteiger partial charge on any atom is 0.273 e. The second-order valence-corrected chi connectivity index (χ2v) is 3.72. The molecule has 106 valence electrons. The van der Waals surface area contributed by atoms with Gasteiger partial charge < -0.3 is 0 Å². The van der Waals surface area contributed by atoms with Crippen LogP contribution in [0.25, 0.3) is 0 Å². The van der Waals surface area contributed by atoms with Gasteiger partial charge in [-0.2, -0.15) is 0 Å². The van der Waals surface area contributed by atoms with Crippen LogP contribution < -0.4 is 0 Å². The van der Waals surface area contributed by atoms with Crippen molar-refractivity contribution in [2.75, 3.05) is 13.1 Å². The van der Waals surface area contributed by atoms with E-state index in [2.05, 4.69) is 23.1 Å². The fourth-order valence-electron chi connectivity index (χ4n) is 1.61. The van der Waals surface area contributed by atoms with Crippen LogP contribution in [-0.4, -0.2) is 48.0 Å². The van der Waals surface area contributed by atoms with Gasteiger partial charge in [0.25, 0.3) is 11.8 Å². The van der Waals surface area contributed by atoms with Crippen molar-refractivity contribution < 1.29 is 19.2 Å². The fraction of sp³-hybridized carbons (Fsp3) is 0.385. The van der Waals surface area contributed by atoms with Crippen molar-refractivity contribution in [1.29, 1.82) is 0 Å². The average molecular weight is 277 g/mol. The summed E-state index contributed by atoms with van der Waals surface area (Å²) in [6.07, 6.45) is 5.38. The summed E-state index contributed by atoms with van der Waals surface area (Å²) in [6, 6.07) is -0.807. The van der Waals surface area contributed by atoms with Gasteiger partial charge >= 0.3 is 0 Å². The summed E-state index contributed by atoms with van der Waals surface area (Å²) in [6.45, 7) is 7.82. The first-order chi connectivity index (χ1) is 9.60. The molecule has 0 saturated heterocycles. The zero-order valence-corrected chi connectivity index (χ0v) is 10.9. The molecule has 2 amide bonds. The van der Waals surface area contributed by atoms with Gasteiger partial charge in [-0.15, -0.1) is 23.1 Å². The molecule has 0 heterocycles. The van der Waals surface area contributed by atoms with E-state index >= 15 is 0 Å². The maximum absolute atomic E-state index is 11.7. The summed E-state index contributed by atoms with van der Waals surface area (Å²) in [7, 11) is 0. The Morgan fingerprint density at radius 2 is 1.65 bits per heavy atom. The Hall–Kier alpha value is -2.46. The average Bonchev–Trinajstić information content (AvgIpc) is 2.40. The Morgan fingerprint density at radius 3 is 2.10 bits per heavy atom. The zero-order valence-electron chi connectivity index (χ0n) is 10.9. The third-order valence-electron chi connectivity index (χ3n) is 2.41. The molecule has 1 atom stereocenters. The second kappa shape index (κ2) is 10.5. The van der Waals surface area contributed by atoms with Crippen molar-refractivity contribution in [1.82, 2.24) is 4.90 Å². The maximum atomic E-state index is 11.7. The first-order valence-electron chi connectivity index (χ1n) is 5.79. The molecule has 0 aliphatic carbocycles. The molecule has 0 rings (SSSR count). The highest BCUT2D eigenvalue weighted by molar-refractivity contribution is 5.87. The van der Waals surface area contributed by atoms with E-state index in [1.54, 1.807) is 17.1 Å². The van der Waals surface area contributed by atoms with E-state index in [1.165, 1.54) is 6.08 Å². The molecule has 0 spiro atoms. The van der Waals surface area contributed by atoms with E-state index in [4.69, 9.17) is 0 Å². The predicted molar refractivity (Wildman–Crippen MR) is 71.2 cm³/mol. The summed E-state index contributed by atoms with van der Waals surface area (Å²) in [5.41, 5.74) is 0. The summed E-state index contributed by atoms with van der Waals surface area (Å²) < 4.78 is 0. The Labute approximate surface area is 116 Å². The number of amides is 2. The predicted octanol–water partition coefficient (Wildman–Crippen LogP) is 0.534. The first kappa shape index (κ1) is 17.5. The molecule has 0 aromatic heterocycles. The number of rotatable bonds is 9. The summed E-state index contributed by atoms with van der Waals surface area (Å²) >= 11 is 0. The Balaban J connectivity index is 5.02. The molecule has 0 aliphatic heterocycles. The van der Waals surface area contributed by atoms with Crippen LogP contribution in [0.3, 0.4) is 0 Å². The molecule has 0 fully saturated rings. The Kier molecular flexibility index (Phi) is 9.17. The highest BCUT2D eigenvalue weighted by Gasteiger charge is 2.25. The lowest BCUT2D eigenvalue weighted by molar-refractivity contribution is -0.123. The first-order valence-corrected chi connectivity index (χ1v) is 5.79. The second-order valence-electron chi connectivity index (χ2n) is 3.72. The molecule has 7 nitrogen and oxygen atoms in total. The molecule has 0 unspecified atom stereocenters. The normalized spacial score (nSPS) is 10.8. The molecule has 0 saturated carbocycles. The van der Waals surface area contributed by atoms with Gasteiger partial charge in [0.1, 0.15) is 0 Å². The third kappa shape index (κ3) is 6.47. The van der Waals surface area contributed by atoms with E-state index in [-0.39, 0.29) is 12.8 Å². The minimum Gasteiger partial charge on any atom is -0.284 e. The van der Waals surface area contributed by atoms with Crippen molar-refractivity contribution in [2.24, 2.45) is 9.98 Å². The topological polar surface area (TPSA) is 96.2 Å². The van der Waals surface area contributed by atoms with Crippen molar-refractivity contribution in [3.63, 3.8) is 0 Å². The van der Waals surface area contributed by atoms with Crippen LogP contribution in [-0.2, 0) is 19.2 Å². The van der Waals surface area contributed by atoms with Gasteiger partial charge in [-0.05, 0) is 6.42 Å². The molecule has 0 aromatic rings. The molecule has 7 heteroatoms. The summed E-state index contributed by atoms with van der Waals surface area (Å²) in [5.74, 6) is -1.41. The smallest absolute Gasteiger partial charge is 0.273 e. The minimum absolute atomic E-state index is 0.0652. The van der Waals surface area contributed by atoms with Gasteiger partial charge in [0.15, 0.2) is 0 Å². The zero-order chi connectivity index (χ0) is 15.4. The lowest BCUT2D eigenvalue weighted by Gasteiger charge is -2.26. The number of hydrogen-bond donors (Lipinski definition) is 0. The molecule has 20 heavy (non-hydrogen) atoms. The number of isocyanates is 2. The molecular formula is C13H15N3O4. The summed E-state index contributed by atoms with van der Waals surface area (Å²) in [5, 5.41) is 0. The lowest BCUT2D eigenvalue weighted by atomic mass is 10.1. The fourth-order valence-corrected chi connectivity index (χ4v) is 1.61. The van der Waals surface area contributed by atoms with E-state index in [1.807, 2.05) is 0 Å². The molecule has 0 bridgehead atoms. The van der Waals surface area contributed by atoms with Crippen molar-refractivity contribution in [3.05, 3.63) is 25.3 Å². The van der Waals surface area contributed by atoms with Crippen LogP contribution in [0.15, 0.2) is 35.3 Å². The van der Waals surface area contributed by atoms with Gasteiger partial charge in [0.2, 0.25) is 12.2 Å². The van der Waals surface area contributed by atoms with Crippen molar-refractivity contribution in [3.8, 4) is 0 Å². The van der Waals surface area contributed by atoms with E-state index < -0.39 is 17.9 Å².